The van der Waals surface area contributed by atoms with E-state index in [9.17, 15) is 4.79 Å². The first-order valence-corrected chi connectivity index (χ1v) is 9.45. The van der Waals surface area contributed by atoms with Crippen LogP contribution in [0.25, 0.3) is 0 Å². The Balaban J connectivity index is 1.46. The standard InChI is InChI=1S/C18H26BrN3O/c19-15-4-2-6-17(10-15)22-8-7-13(12-22)11-21-18(23)14-3-1-5-16(20)9-14/h2,4,6,10,13-14,16H,1,3,5,7-9,11-12,20H2,(H,21,23). The molecule has 2 fully saturated rings. The summed E-state index contributed by atoms with van der Waals surface area (Å²) in [5.74, 6) is 0.873. The molecule has 3 atom stereocenters. The fourth-order valence-corrected chi connectivity index (χ4v) is 4.15. The van der Waals surface area contributed by atoms with E-state index in [4.69, 9.17) is 5.73 Å². The van der Waals surface area contributed by atoms with Crippen LogP contribution in [0, 0.1) is 11.8 Å². The van der Waals surface area contributed by atoms with Gasteiger partial charge in [-0.25, -0.2) is 0 Å². The fourth-order valence-electron chi connectivity index (χ4n) is 3.76. The zero-order valence-corrected chi connectivity index (χ0v) is 15.1. The molecule has 0 radical (unpaired) electrons. The number of halogens is 1. The van der Waals surface area contributed by atoms with Crippen molar-refractivity contribution in [3.8, 4) is 0 Å². The van der Waals surface area contributed by atoms with Gasteiger partial charge in [0, 0.05) is 41.8 Å². The number of hydrogen-bond donors (Lipinski definition) is 2. The second-order valence-corrected chi connectivity index (χ2v) is 7.87. The van der Waals surface area contributed by atoms with Gasteiger partial charge in [-0.3, -0.25) is 4.79 Å². The molecule has 1 aliphatic carbocycles. The van der Waals surface area contributed by atoms with Gasteiger partial charge in [-0.05, 0) is 49.8 Å². The topological polar surface area (TPSA) is 58.4 Å². The number of carbonyl (C=O) groups is 1. The average Bonchev–Trinajstić information content (AvgIpc) is 3.01. The predicted molar refractivity (Wildman–Crippen MR) is 97.4 cm³/mol. The predicted octanol–water partition coefficient (Wildman–Crippen LogP) is 2.91. The summed E-state index contributed by atoms with van der Waals surface area (Å²) in [5.41, 5.74) is 7.24. The molecule has 1 aliphatic heterocycles. The van der Waals surface area contributed by atoms with Crippen LogP contribution in [-0.4, -0.2) is 31.6 Å². The molecule has 3 unspecified atom stereocenters. The Kier molecular flexibility index (Phi) is 5.59. The smallest absolute Gasteiger partial charge is 0.223 e. The highest BCUT2D eigenvalue weighted by molar-refractivity contribution is 9.10. The first-order chi connectivity index (χ1) is 11.1. The molecular formula is C18H26BrN3O. The summed E-state index contributed by atoms with van der Waals surface area (Å²) in [6.07, 6.45) is 5.12. The first kappa shape index (κ1) is 16.8. The van der Waals surface area contributed by atoms with Crippen LogP contribution >= 0.6 is 15.9 Å². The van der Waals surface area contributed by atoms with Crippen molar-refractivity contribution in [1.82, 2.24) is 5.32 Å². The van der Waals surface area contributed by atoms with Crippen LogP contribution in [0.2, 0.25) is 0 Å². The fraction of sp³-hybridized carbons (Fsp3) is 0.611. The molecule has 1 amide bonds. The summed E-state index contributed by atoms with van der Waals surface area (Å²) in [4.78, 5) is 14.7. The van der Waals surface area contributed by atoms with Gasteiger partial charge < -0.3 is 16.0 Å². The summed E-state index contributed by atoms with van der Waals surface area (Å²) in [6, 6.07) is 8.63. The van der Waals surface area contributed by atoms with Crippen LogP contribution in [0.1, 0.15) is 32.1 Å². The molecule has 3 rings (SSSR count). The third-order valence-corrected chi connectivity index (χ3v) is 5.60. The lowest BCUT2D eigenvalue weighted by atomic mass is 9.85. The number of hydrogen-bond acceptors (Lipinski definition) is 3. The molecule has 3 N–H and O–H groups in total. The number of nitrogens with one attached hydrogen (secondary N) is 1. The van der Waals surface area contributed by atoms with Gasteiger partial charge in [0.1, 0.15) is 0 Å². The van der Waals surface area contributed by atoms with Crippen LogP contribution in [0.4, 0.5) is 5.69 Å². The monoisotopic (exact) mass is 379 g/mol. The summed E-state index contributed by atoms with van der Waals surface area (Å²) in [7, 11) is 0. The molecule has 4 nitrogen and oxygen atoms in total. The van der Waals surface area contributed by atoms with Crippen molar-refractivity contribution in [2.45, 2.75) is 38.1 Å². The van der Waals surface area contributed by atoms with Gasteiger partial charge in [-0.15, -0.1) is 0 Å². The van der Waals surface area contributed by atoms with Crippen molar-refractivity contribution in [3.05, 3.63) is 28.7 Å². The molecule has 0 aromatic heterocycles. The molecule has 23 heavy (non-hydrogen) atoms. The minimum Gasteiger partial charge on any atom is -0.371 e. The molecule has 1 aromatic rings. The zero-order valence-electron chi connectivity index (χ0n) is 13.5. The number of benzene rings is 1. The minimum absolute atomic E-state index is 0.126. The summed E-state index contributed by atoms with van der Waals surface area (Å²) in [5, 5.41) is 3.17. The van der Waals surface area contributed by atoms with Crippen molar-refractivity contribution < 1.29 is 4.79 Å². The lowest BCUT2D eigenvalue weighted by Gasteiger charge is -2.26. The molecule has 0 bridgehead atoms. The molecule has 1 heterocycles. The Bertz CT molecular complexity index is 551. The lowest BCUT2D eigenvalue weighted by molar-refractivity contribution is -0.126. The van der Waals surface area contributed by atoms with E-state index in [1.807, 2.05) is 6.07 Å². The van der Waals surface area contributed by atoms with E-state index in [0.717, 1.165) is 56.2 Å². The van der Waals surface area contributed by atoms with E-state index in [1.54, 1.807) is 0 Å². The molecule has 2 aliphatic rings. The molecule has 0 spiro atoms. The van der Waals surface area contributed by atoms with Crippen LogP contribution in [-0.2, 0) is 4.79 Å². The van der Waals surface area contributed by atoms with Gasteiger partial charge in [0.2, 0.25) is 5.91 Å². The molecule has 126 valence electrons. The lowest BCUT2D eigenvalue weighted by Crippen LogP contribution is -2.39. The maximum Gasteiger partial charge on any atom is 0.223 e. The largest absolute Gasteiger partial charge is 0.371 e. The number of nitrogens with zero attached hydrogens (tertiary/aromatic N) is 1. The van der Waals surface area contributed by atoms with Gasteiger partial charge in [0.05, 0.1) is 0 Å². The van der Waals surface area contributed by atoms with Crippen LogP contribution in [0.15, 0.2) is 28.7 Å². The van der Waals surface area contributed by atoms with Gasteiger partial charge in [-0.2, -0.15) is 0 Å². The molecule has 5 heteroatoms. The van der Waals surface area contributed by atoms with Crippen LogP contribution in [0.5, 0.6) is 0 Å². The second-order valence-electron chi connectivity index (χ2n) is 6.95. The maximum atomic E-state index is 12.3. The summed E-state index contributed by atoms with van der Waals surface area (Å²) >= 11 is 3.53. The van der Waals surface area contributed by atoms with E-state index >= 15 is 0 Å². The maximum absolute atomic E-state index is 12.3. The Morgan fingerprint density at radius 2 is 2.22 bits per heavy atom. The van der Waals surface area contributed by atoms with Crippen molar-refractivity contribution in [1.29, 1.82) is 0 Å². The molecule has 1 saturated heterocycles. The van der Waals surface area contributed by atoms with Crippen LogP contribution < -0.4 is 16.0 Å². The number of anilines is 1. The summed E-state index contributed by atoms with van der Waals surface area (Å²) < 4.78 is 1.11. The Hall–Kier alpha value is -1.07. The Morgan fingerprint density at radius 3 is 3.00 bits per heavy atom. The number of nitrogens with two attached hydrogens (primary N) is 1. The third kappa shape index (κ3) is 4.48. The number of rotatable bonds is 4. The van der Waals surface area contributed by atoms with E-state index in [0.29, 0.717) is 5.92 Å². The Morgan fingerprint density at radius 1 is 1.35 bits per heavy atom. The van der Waals surface area contributed by atoms with Crippen LogP contribution in [0.3, 0.4) is 0 Å². The Labute approximate surface area is 146 Å². The van der Waals surface area contributed by atoms with Gasteiger partial charge in [-0.1, -0.05) is 28.4 Å². The zero-order chi connectivity index (χ0) is 16.2. The molecular weight excluding hydrogens is 354 g/mol. The van der Waals surface area contributed by atoms with Gasteiger partial charge in [0.25, 0.3) is 0 Å². The van der Waals surface area contributed by atoms with Crippen molar-refractivity contribution in [2.75, 3.05) is 24.5 Å². The highest BCUT2D eigenvalue weighted by Crippen LogP contribution is 2.26. The van der Waals surface area contributed by atoms with Crippen molar-refractivity contribution in [3.63, 3.8) is 0 Å². The average molecular weight is 380 g/mol. The molecule has 1 aromatic carbocycles. The van der Waals surface area contributed by atoms with Crippen molar-refractivity contribution in [2.24, 2.45) is 17.6 Å². The number of amides is 1. The number of carbonyl (C=O) groups excluding carboxylic acids is 1. The van der Waals surface area contributed by atoms with E-state index in [-0.39, 0.29) is 17.9 Å². The highest BCUT2D eigenvalue weighted by Gasteiger charge is 2.27. The van der Waals surface area contributed by atoms with E-state index < -0.39 is 0 Å². The van der Waals surface area contributed by atoms with Crippen molar-refractivity contribution >= 4 is 27.5 Å². The quantitative estimate of drug-likeness (QED) is 0.845. The summed E-state index contributed by atoms with van der Waals surface area (Å²) in [6.45, 7) is 2.86. The molecule has 1 saturated carbocycles. The second kappa shape index (κ2) is 7.67. The minimum atomic E-state index is 0.126. The van der Waals surface area contributed by atoms with E-state index in [1.165, 1.54) is 5.69 Å². The van der Waals surface area contributed by atoms with E-state index in [2.05, 4.69) is 44.3 Å². The van der Waals surface area contributed by atoms with Gasteiger partial charge in [0.15, 0.2) is 0 Å². The normalized spacial score (nSPS) is 27.9. The van der Waals surface area contributed by atoms with Gasteiger partial charge >= 0.3 is 0 Å². The highest BCUT2D eigenvalue weighted by atomic mass is 79.9. The SMILES string of the molecule is NC1CCCC(C(=O)NCC2CCN(c3cccc(Br)c3)C2)C1. The first-order valence-electron chi connectivity index (χ1n) is 8.65. The third-order valence-electron chi connectivity index (χ3n) is 5.11.